The molecule has 0 aliphatic carbocycles. The van der Waals surface area contributed by atoms with Crippen LogP contribution in [0.4, 0.5) is 16.5 Å². The highest BCUT2D eigenvalue weighted by Crippen LogP contribution is 2.29. The maximum absolute atomic E-state index is 13.0. The van der Waals surface area contributed by atoms with Crippen molar-refractivity contribution in [1.29, 1.82) is 0 Å². The van der Waals surface area contributed by atoms with Crippen LogP contribution in [0.15, 0.2) is 90.6 Å². The number of pyridine rings is 1. The van der Waals surface area contributed by atoms with Crippen LogP contribution in [0.3, 0.4) is 0 Å². The van der Waals surface area contributed by atoms with Crippen molar-refractivity contribution in [3.63, 3.8) is 0 Å². The highest BCUT2D eigenvalue weighted by Gasteiger charge is 2.11. The zero-order valence-electron chi connectivity index (χ0n) is 20.4. The second-order valence-electron chi connectivity index (χ2n) is 8.76. The maximum Gasteiger partial charge on any atom is 0.255 e. The van der Waals surface area contributed by atoms with Crippen molar-refractivity contribution in [2.24, 2.45) is 0 Å². The summed E-state index contributed by atoms with van der Waals surface area (Å²) in [6.07, 6.45) is 3.51. The summed E-state index contributed by atoms with van der Waals surface area (Å²) in [4.78, 5) is 21.7. The van der Waals surface area contributed by atoms with E-state index in [1.165, 1.54) is 28.0 Å². The molecule has 0 aliphatic rings. The lowest BCUT2D eigenvalue weighted by molar-refractivity contribution is 0.102. The van der Waals surface area contributed by atoms with Crippen LogP contribution in [0.25, 0.3) is 22.4 Å². The summed E-state index contributed by atoms with van der Waals surface area (Å²) in [6.45, 7) is 6.24. The van der Waals surface area contributed by atoms with Crippen molar-refractivity contribution < 1.29 is 4.79 Å². The van der Waals surface area contributed by atoms with Crippen LogP contribution < -0.4 is 10.6 Å². The van der Waals surface area contributed by atoms with E-state index in [-0.39, 0.29) is 5.91 Å². The van der Waals surface area contributed by atoms with Crippen LogP contribution in [-0.2, 0) is 0 Å². The highest BCUT2D eigenvalue weighted by molar-refractivity contribution is 7.14. The van der Waals surface area contributed by atoms with E-state index in [9.17, 15) is 4.79 Å². The molecule has 36 heavy (non-hydrogen) atoms. The number of thiazole rings is 1. The molecule has 0 unspecified atom stereocenters. The zero-order chi connectivity index (χ0) is 25.1. The van der Waals surface area contributed by atoms with Gasteiger partial charge in [0.2, 0.25) is 0 Å². The smallest absolute Gasteiger partial charge is 0.255 e. The Morgan fingerprint density at radius 1 is 0.750 bits per heavy atom. The van der Waals surface area contributed by atoms with Crippen LogP contribution in [0.5, 0.6) is 0 Å². The number of aryl methyl sites for hydroxylation is 3. The summed E-state index contributed by atoms with van der Waals surface area (Å²) >= 11 is 1.52. The number of rotatable bonds is 6. The van der Waals surface area contributed by atoms with E-state index >= 15 is 0 Å². The van der Waals surface area contributed by atoms with Crippen LogP contribution in [0.2, 0.25) is 0 Å². The Balaban J connectivity index is 1.29. The molecule has 5 nitrogen and oxygen atoms in total. The van der Waals surface area contributed by atoms with Gasteiger partial charge in [-0.3, -0.25) is 9.78 Å². The number of benzene rings is 3. The van der Waals surface area contributed by atoms with Gasteiger partial charge in [0.1, 0.15) is 0 Å². The lowest BCUT2D eigenvalue weighted by Gasteiger charge is -2.11. The fraction of sp³-hybridized carbons (Fsp3) is 0.100. The third kappa shape index (κ3) is 5.19. The van der Waals surface area contributed by atoms with E-state index in [4.69, 9.17) is 0 Å². The number of hydrogen-bond donors (Lipinski definition) is 2. The third-order valence-electron chi connectivity index (χ3n) is 6.20. The minimum absolute atomic E-state index is 0.159. The molecule has 2 aromatic heterocycles. The minimum atomic E-state index is -0.159. The van der Waals surface area contributed by atoms with Crippen molar-refractivity contribution in [2.45, 2.75) is 20.8 Å². The molecule has 0 aliphatic heterocycles. The van der Waals surface area contributed by atoms with E-state index in [0.717, 1.165) is 38.9 Å². The predicted octanol–water partition coefficient (Wildman–Crippen LogP) is 7.79. The third-order valence-corrected chi connectivity index (χ3v) is 6.96. The molecule has 5 aromatic rings. The summed E-state index contributed by atoms with van der Waals surface area (Å²) in [5, 5.41) is 9.15. The average Bonchev–Trinajstić information content (AvgIpc) is 3.36. The number of amides is 1. The first-order chi connectivity index (χ1) is 17.5. The van der Waals surface area contributed by atoms with Crippen molar-refractivity contribution in [2.75, 3.05) is 10.6 Å². The monoisotopic (exact) mass is 490 g/mol. The maximum atomic E-state index is 13.0. The minimum Gasteiger partial charge on any atom is -0.331 e. The first-order valence-corrected chi connectivity index (χ1v) is 12.6. The summed E-state index contributed by atoms with van der Waals surface area (Å²) in [6, 6.07) is 23.9. The molecule has 0 saturated carbocycles. The first kappa shape index (κ1) is 23.5. The molecule has 0 radical (unpaired) electrons. The highest BCUT2D eigenvalue weighted by atomic mass is 32.1. The molecule has 6 heteroatoms. The predicted molar refractivity (Wildman–Crippen MR) is 149 cm³/mol. The van der Waals surface area contributed by atoms with Crippen LogP contribution >= 0.6 is 11.3 Å². The molecule has 2 N–H and O–H groups in total. The Kier molecular flexibility index (Phi) is 6.60. The number of carbonyl (C=O) groups is 1. The SMILES string of the molecule is Cc1ccc(-c2ccc(NC(=O)c3ccc(C)c(Nc4nc(-c5ccncc5)cs4)c3)cc2)cc1C. The van der Waals surface area contributed by atoms with Gasteiger partial charge in [0, 0.05) is 40.3 Å². The normalized spacial score (nSPS) is 10.8. The number of carbonyl (C=O) groups excluding carboxylic acids is 1. The second kappa shape index (κ2) is 10.1. The molecule has 178 valence electrons. The summed E-state index contributed by atoms with van der Waals surface area (Å²) in [7, 11) is 0. The van der Waals surface area contributed by atoms with Gasteiger partial charge in [-0.15, -0.1) is 11.3 Å². The van der Waals surface area contributed by atoms with Gasteiger partial charge >= 0.3 is 0 Å². The van der Waals surface area contributed by atoms with Gasteiger partial charge in [-0.05, 0) is 85.0 Å². The molecular weight excluding hydrogens is 464 g/mol. The zero-order valence-corrected chi connectivity index (χ0v) is 21.2. The van der Waals surface area contributed by atoms with Crippen LogP contribution in [-0.4, -0.2) is 15.9 Å². The number of aromatic nitrogens is 2. The molecule has 5 rings (SSSR count). The van der Waals surface area contributed by atoms with Gasteiger partial charge in [0.05, 0.1) is 5.69 Å². The molecular formula is C30H26N4OS. The van der Waals surface area contributed by atoms with Crippen molar-refractivity contribution in [3.8, 4) is 22.4 Å². The largest absolute Gasteiger partial charge is 0.331 e. The molecule has 3 aromatic carbocycles. The Morgan fingerprint density at radius 2 is 1.47 bits per heavy atom. The number of hydrogen-bond acceptors (Lipinski definition) is 5. The fourth-order valence-electron chi connectivity index (χ4n) is 3.87. The number of anilines is 3. The van der Waals surface area contributed by atoms with Crippen molar-refractivity contribution in [3.05, 3.63) is 113 Å². The molecule has 0 fully saturated rings. The summed E-state index contributed by atoms with van der Waals surface area (Å²) in [5.41, 5.74) is 9.94. The molecule has 0 spiro atoms. The fourth-order valence-corrected chi connectivity index (χ4v) is 4.60. The van der Waals surface area contributed by atoms with Gasteiger partial charge in [-0.2, -0.15) is 0 Å². The van der Waals surface area contributed by atoms with Crippen molar-refractivity contribution in [1.82, 2.24) is 9.97 Å². The number of nitrogens with one attached hydrogen (secondary N) is 2. The van der Waals surface area contributed by atoms with Crippen LogP contribution in [0, 0.1) is 20.8 Å². The Hall–Kier alpha value is -4.29. The molecule has 0 atom stereocenters. The lowest BCUT2D eigenvalue weighted by atomic mass is 10.0. The van der Waals surface area contributed by atoms with Gasteiger partial charge < -0.3 is 10.6 Å². The average molecular weight is 491 g/mol. The molecule has 0 bridgehead atoms. The quantitative estimate of drug-likeness (QED) is 0.255. The lowest BCUT2D eigenvalue weighted by Crippen LogP contribution is -2.12. The Bertz CT molecular complexity index is 1520. The van der Waals surface area contributed by atoms with Gasteiger partial charge in [-0.1, -0.05) is 36.4 Å². The van der Waals surface area contributed by atoms with E-state index in [2.05, 4.69) is 52.6 Å². The van der Waals surface area contributed by atoms with E-state index < -0.39 is 0 Å². The second-order valence-corrected chi connectivity index (χ2v) is 9.62. The van der Waals surface area contributed by atoms with Gasteiger partial charge in [0.15, 0.2) is 5.13 Å². The Morgan fingerprint density at radius 3 is 2.22 bits per heavy atom. The summed E-state index contributed by atoms with van der Waals surface area (Å²) in [5.74, 6) is -0.159. The molecule has 1 amide bonds. The van der Waals surface area contributed by atoms with Gasteiger partial charge in [-0.25, -0.2) is 4.98 Å². The first-order valence-electron chi connectivity index (χ1n) is 11.7. The molecule has 0 saturated heterocycles. The van der Waals surface area contributed by atoms with Crippen LogP contribution in [0.1, 0.15) is 27.0 Å². The molecule has 2 heterocycles. The summed E-state index contributed by atoms with van der Waals surface area (Å²) < 4.78 is 0. The standard InChI is InChI=1S/C30H26N4OS/c1-19-4-6-24(16-21(19)3)22-8-10-26(11-9-22)32-29(35)25-7-5-20(2)27(17-25)33-30-34-28(18-36-30)23-12-14-31-15-13-23/h4-18H,1-3H3,(H,32,35)(H,33,34). The van der Waals surface area contributed by atoms with Crippen molar-refractivity contribution >= 4 is 33.8 Å². The van der Waals surface area contributed by atoms with E-state index in [1.54, 1.807) is 12.4 Å². The van der Waals surface area contributed by atoms with E-state index in [1.807, 2.05) is 66.9 Å². The topological polar surface area (TPSA) is 66.9 Å². The van der Waals surface area contributed by atoms with Gasteiger partial charge in [0.25, 0.3) is 5.91 Å². The Labute approximate surface area is 214 Å². The van der Waals surface area contributed by atoms with E-state index in [0.29, 0.717) is 5.56 Å². The number of nitrogens with zero attached hydrogens (tertiary/aromatic N) is 2.